The third kappa shape index (κ3) is 2.17. The Morgan fingerprint density at radius 2 is 1.70 bits per heavy atom. The van der Waals surface area contributed by atoms with Crippen molar-refractivity contribution >= 4 is 31.6 Å². The lowest BCUT2D eigenvalue weighted by atomic mass is 10.00. The molecule has 2 aromatic heterocycles. The van der Waals surface area contributed by atoms with Gasteiger partial charge in [0.05, 0.1) is 5.39 Å². The topological polar surface area (TPSA) is 3.88 Å². The normalized spacial score (nSPS) is 13.2. The van der Waals surface area contributed by atoms with E-state index in [0.717, 1.165) is 6.54 Å². The molecule has 1 aliphatic rings. The van der Waals surface area contributed by atoms with Crippen LogP contribution in [0, 0.1) is 0 Å². The summed E-state index contributed by atoms with van der Waals surface area (Å²) in [5, 5.41) is 2.82. The summed E-state index contributed by atoms with van der Waals surface area (Å²) >= 11 is 1.94. The van der Waals surface area contributed by atoms with Gasteiger partial charge in [-0.15, -0.1) is 0 Å². The van der Waals surface area contributed by atoms with Crippen molar-refractivity contribution in [3.63, 3.8) is 0 Å². The zero-order valence-electron chi connectivity index (χ0n) is 12.6. The van der Waals surface area contributed by atoms with Crippen molar-refractivity contribution in [2.45, 2.75) is 19.4 Å². The number of thiophene rings is 1. The maximum absolute atomic E-state index is 2.53. The van der Waals surface area contributed by atoms with Gasteiger partial charge in [0.25, 0.3) is 4.83 Å². The SMILES string of the molecule is [Cl-].c1ccc(-c2cc3[n+](c4sc5ccccc5c24)CCC3)cc1. The second-order valence-electron chi connectivity index (χ2n) is 5.95. The Hall–Kier alpha value is -1.90. The van der Waals surface area contributed by atoms with Crippen LogP contribution in [0.3, 0.4) is 0 Å². The molecule has 0 unspecified atom stereocenters. The molecular weight excluding hydrogens is 322 g/mol. The van der Waals surface area contributed by atoms with Crippen LogP contribution in [0.2, 0.25) is 0 Å². The average Bonchev–Trinajstić information content (AvgIpc) is 3.19. The number of hydrogen-bond acceptors (Lipinski definition) is 1. The molecule has 4 aromatic rings. The smallest absolute Gasteiger partial charge is 0.270 e. The lowest BCUT2D eigenvalue weighted by Gasteiger charge is -2.05. The molecule has 1 nitrogen and oxygen atoms in total. The van der Waals surface area contributed by atoms with Gasteiger partial charge in [0.1, 0.15) is 0 Å². The number of fused-ring (bicyclic) bond motifs is 5. The lowest BCUT2D eigenvalue weighted by molar-refractivity contribution is -0.662. The third-order valence-corrected chi connectivity index (χ3v) is 5.84. The molecule has 0 fully saturated rings. The first kappa shape index (κ1) is 14.7. The molecule has 0 N–H and O–H groups in total. The first-order chi connectivity index (χ1) is 10.9. The zero-order valence-corrected chi connectivity index (χ0v) is 14.2. The Morgan fingerprint density at radius 1 is 0.913 bits per heavy atom. The van der Waals surface area contributed by atoms with Crippen molar-refractivity contribution in [1.29, 1.82) is 0 Å². The van der Waals surface area contributed by atoms with E-state index in [-0.39, 0.29) is 12.4 Å². The minimum atomic E-state index is 0. The molecule has 0 spiro atoms. The van der Waals surface area contributed by atoms with Gasteiger partial charge in [-0.1, -0.05) is 59.9 Å². The second kappa shape index (κ2) is 5.63. The van der Waals surface area contributed by atoms with E-state index in [1.165, 1.54) is 50.0 Å². The predicted molar refractivity (Wildman–Crippen MR) is 93.3 cm³/mol. The van der Waals surface area contributed by atoms with Crippen LogP contribution in [0.25, 0.3) is 31.4 Å². The van der Waals surface area contributed by atoms with Crippen LogP contribution in [0.4, 0.5) is 0 Å². The molecule has 23 heavy (non-hydrogen) atoms. The van der Waals surface area contributed by atoms with Gasteiger partial charge in [0, 0.05) is 34.6 Å². The first-order valence-electron chi connectivity index (χ1n) is 7.84. The summed E-state index contributed by atoms with van der Waals surface area (Å²) < 4.78 is 3.93. The van der Waals surface area contributed by atoms with Gasteiger partial charge in [-0.2, -0.15) is 4.57 Å². The number of nitrogens with zero attached hydrogens (tertiary/aromatic N) is 1. The van der Waals surface area contributed by atoms with Crippen LogP contribution in [0.1, 0.15) is 12.1 Å². The molecule has 3 heteroatoms. The highest BCUT2D eigenvalue weighted by molar-refractivity contribution is 7.25. The van der Waals surface area contributed by atoms with Crippen LogP contribution >= 0.6 is 11.3 Å². The van der Waals surface area contributed by atoms with Crippen LogP contribution in [-0.2, 0) is 13.0 Å². The second-order valence-corrected chi connectivity index (χ2v) is 6.98. The summed E-state index contributed by atoms with van der Waals surface area (Å²) in [5.74, 6) is 0. The van der Waals surface area contributed by atoms with Crippen molar-refractivity contribution in [3.05, 3.63) is 66.4 Å². The standard InChI is InChI=1S/C20H16NS.ClH/c1-2-7-14(8-3-1)17-13-15-9-6-12-21(15)20-19(17)16-10-4-5-11-18(16)22-20;/h1-5,7-8,10-11,13H,6,9,12H2;1H/q+1;/p-1. The number of rotatable bonds is 1. The number of benzene rings is 2. The minimum absolute atomic E-state index is 0. The van der Waals surface area contributed by atoms with E-state index < -0.39 is 0 Å². The van der Waals surface area contributed by atoms with E-state index in [0.29, 0.717) is 0 Å². The van der Waals surface area contributed by atoms with E-state index in [9.17, 15) is 0 Å². The van der Waals surface area contributed by atoms with Gasteiger partial charge in [0.2, 0.25) is 0 Å². The van der Waals surface area contributed by atoms with Gasteiger partial charge in [-0.3, -0.25) is 0 Å². The molecule has 0 saturated carbocycles. The fourth-order valence-corrected chi connectivity index (χ4v) is 4.92. The molecule has 0 amide bonds. The summed E-state index contributed by atoms with van der Waals surface area (Å²) in [6.45, 7) is 1.16. The molecule has 0 aliphatic carbocycles. The van der Waals surface area contributed by atoms with Crippen LogP contribution in [0.15, 0.2) is 60.7 Å². The van der Waals surface area contributed by atoms with Gasteiger partial charge >= 0.3 is 0 Å². The quantitative estimate of drug-likeness (QED) is 0.468. The Morgan fingerprint density at radius 3 is 2.57 bits per heavy atom. The van der Waals surface area contributed by atoms with Crippen LogP contribution in [0.5, 0.6) is 0 Å². The highest BCUT2D eigenvalue weighted by atomic mass is 35.5. The van der Waals surface area contributed by atoms with Crippen molar-refractivity contribution in [3.8, 4) is 11.1 Å². The van der Waals surface area contributed by atoms with Crippen molar-refractivity contribution in [2.24, 2.45) is 0 Å². The Labute approximate surface area is 145 Å². The molecule has 0 atom stereocenters. The van der Waals surface area contributed by atoms with Crippen LogP contribution < -0.4 is 17.0 Å². The number of pyridine rings is 1. The van der Waals surface area contributed by atoms with Crippen molar-refractivity contribution < 1.29 is 17.0 Å². The first-order valence-corrected chi connectivity index (χ1v) is 8.66. The molecule has 0 radical (unpaired) electrons. The Kier molecular flexibility index (Phi) is 3.59. The Bertz CT molecular complexity index is 1000. The van der Waals surface area contributed by atoms with Gasteiger partial charge < -0.3 is 12.4 Å². The number of aryl methyl sites for hydroxylation is 2. The summed E-state index contributed by atoms with van der Waals surface area (Å²) in [6.07, 6.45) is 2.46. The molecule has 114 valence electrons. The Balaban J connectivity index is 0.00000135. The third-order valence-electron chi connectivity index (χ3n) is 4.65. The minimum Gasteiger partial charge on any atom is -1.00 e. The maximum atomic E-state index is 2.53. The molecule has 0 saturated heterocycles. The summed E-state index contributed by atoms with van der Waals surface area (Å²) in [5.41, 5.74) is 4.20. The fourth-order valence-electron chi connectivity index (χ4n) is 3.65. The predicted octanol–water partition coefficient (Wildman–Crippen LogP) is 1.96. The number of halogens is 1. The molecule has 1 aliphatic heterocycles. The summed E-state index contributed by atoms with van der Waals surface area (Å²) in [4.78, 5) is 1.44. The molecule has 0 bridgehead atoms. The molecule has 2 aromatic carbocycles. The summed E-state index contributed by atoms with van der Waals surface area (Å²) in [6, 6.07) is 22.1. The fraction of sp³-hybridized carbons (Fsp3) is 0.150. The van der Waals surface area contributed by atoms with Crippen molar-refractivity contribution in [2.75, 3.05) is 0 Å². The van der Waals surface area contributed by atoms with Crippen LogP contribution in [-0.4, -0.2) is 0 Å². The number of hydrogen-bond donors (Lipinski definition) is 0. The van der Waals surface area contributed by atoms with Gasteiger partial charge in [-0.05, 0) is 11.6 Å². The largest absolute Gasteiger partial charge is 1.00 e. The molecule has 3 heterocycles. The highest BCUT2D eigenvalue weighted by Crippen LogP contribution is 2.39. The van der Waals surface area contributed by atoms with Crippen molar-refractivity contribution in [1.82, 2.24) is 0 Å². The van der Waals surface area contributed by atoms with E-state index in [1.807, 2.05) is 11.3 Å². The molecule has 5 rings (SSSR count). The average molecular weight is 338 g/mol. The molecular formula is C20H16ClNS. The van der Waals surface area contributed by atoms with E-state index in [2.05, 4.69) is 65.2 Å². The van der Waals surface area contributed by atoms with E-state index >= 15 is 0 Å². The van der Waals surface area contributed by atoms with Gasteiger partial charge in [0.15, 0.2) is 12.2 Å². The van der Waals surface area contributed by atoms with E-state index in [1.54, 1.807) is 0 Å². The van der Waals surface area contributed by atoms with E-state index in [4.69, 9.17) is 0 Å². The maximum Gasteiger partial charge on any atom is 0.270 e. The van der Waals surface area contributed by atoms with Gasteiger partial charge in [-0.25, -0.2) is 0 Å². The monoisotopic (exact) mass is 337 g/mol. The lowest BCUT2D eigenvalue weighted by Crippen LogP contribution is -3.00. The number of aromatic nitrogens is 1. The highest BCUT2D eigenvalue weighted by Gasteiger charge is 2.27. The summed E-state index contributed by atoms with van der Waals surface area (Å²) in [7, 11) is 0. The zero-order chi connectivity index (χ0) is 14.5.